The average molecular weight is 231 g/mol. The number of hydrogen-bond acceptors (Lipinski definition) is 1. The van der Waals surface area contributed by atoms with Crippen LogP contribution >= 0.6 is 23.2 Å². The summed E-state index contributed by atoms with van der Waals surface area (Å²) in [6.45, 7) is 1.16. The van der Waals surface area contributed by atoms with Crippen molar-refractivity contribution in [2.75, 3.05) is 12.5 Å². The Balaban J connectivity index is 2.28. The third kappa shape index (κ3) is 4.66. The lowest BCUT2D eigenvalue weighted by Crippen LogP contribution is -1.92. The lowest BCUT2D eigenvalue weighted by atomic mass is 10.2. The van der Waals surface area contributed by atoms with E-state index in [9.17, 15) is 0 Å². The standard InChI is InChI=1S/C11H12Cl2O/c12-6-1-2-7-14-9-10-4-3-5-11(13)8-10/h1-5,8H,6-7,9H2. The van der Waals surface area contributed by atoms with E-state index in [1.54, 1.807) is 0 Å². The molecule has 1 nitrogen and oxygen atoms in total. The van der Waals surface area contributed by atoms with Gasteiger partial charge < -0.3 is 4.74 Å². The number of benzene rings is 1. The highest BCUT2D eigenvalue weighted by Crippen LogP contribution is 2.11. The Labute approximate surface area is 94.3 Å². The summed E-state index contributed by atoms with van der Waals surface area (Å²) in [5, 5.41) is 0.738. The number of alkyl halides is 1. The minimum absolute atomic E-state index is 0.528. The Morgan fingerprint density at radius 3 is 2.86 bits per heavy atom. The molecule has 0 amide bonds. The van der Waals surface area contributed by atoms with E-state index >= 15 is 0 Å². The SMILES string of the molecule is ClCC=CCOCc1cccc(Cl)c1. The van der Waals surface area contributed by atoms with Crippen LogP contribution in [0.5, 0.6) is 0 Å². The molecule has 0 radical (unpaired) electrons. The average Bonchev–Trinajstić information content (AvgIpc) is 2.18. The second kappa shape index (κ2) is 6.88. The molecule has 0 aliphatic rings. The maximum absolute atomic E-state index is 5.82. The third-order valence-corrected chi connectivity index (χ3v) is 2.04. The molecule has 0 saturated heterocycles. The van der Waals surface area contributed by atoms with Crippen molar-refractivity contribution >= 4 is 23.2 Å². The van der Waals surface area contributed by atoms with Crippen LogP contribution in [0.25, 0.3) is 0 Å². The molecule has 0 aliphatic heterocycles. The molecule has 14 heavy (non-hydrogen) atoms. The summed E-state index contributed by atoms with van der Waals surface area (Å²) < 4.78 is 5.37. The van der Waals surface area contributed by atoms with Gasteiger partial charge in [-0.3, -0.25) is 0 Å². The molecule has 76 valence electrons. The van der Waals surface area contributed by atoms with Gasteiger partial charge in [-0.05, 0) is 17.7 Å². The molecule has 0 N–H and O–H groups in total. The monoisotopic (exact) mass is 230 g/mol. The summed E-state index contributed by atoms with van der Waals surface area (Å²) in [6.07, 6.45) is 3.76. The smallest absolute Gasteiger partial charge is 0.0721 e. The molecule has 0 bridgehead atoms. The second-order valence-corrected chi connectivity index (χ2v) is 3.52. The number of halogens is 2. The Morgan fingerprint density at radius 2 is 2.14 bits per heavy atom. The molecule has 0 fully saturated rings. The van der Waals surface area contributed by atoms with Crippen LogP contribution in [0.15, 0.2) is 36.4 Å². The zero-order valence-corrected chi connectivity index (χ0v) is 9.26. The van der Waals surface area contributed by atoms with Gasteiger partial charge in [0.1, 0.15) is 0 Å². The topological polar surface area (TPSA) is 9.23 Å². The lowest BCUT2D eigenvalue weighted by molar-refractivity contribution is 0.148. The number of allylic oxidation sites excluding steroid dienone is 1. The molecule has 0 aliphatic carbocycles. The molecular formula is C11H12Cl2O. The highest BCUT2D eigenvalue weighted by molar-refractivity contribution is 6.30. The third-order valence-electron chi connectivity index (χ3n) is 1.63. The summed E-state index contributed by atoms with van der Waals surface area (Å²) in [5.74, 6) is 0.528. The summed E-state index contributed by atoms with van der Waals surface area (Å²) in [6, 6.07) is 7.64. The fraction of sp³-hybridized carbons (Fsp3) is 0.273. The van der Waals surface area contributed by atoms with Crippen molar-refractivity contribution in [1.29, 1.82) is 0 Å². The van der Waals surface area contributed by atoms with Crippen LogP contribution in [0, 0.1) is 0 Å². The number of rotatable bonds is 5. The lowest BCUT2D eigenvalue weighted by Gasteiger charge is -2.01. The van der Waals surface area contributed by atoms with Gasteiger partial charge in [0.15, 0.2) is 0 Å². The van der Waals surface area contributed by atoms with E-state index in [4.69, 9.17) is 27.9 Å². The first-order valence-electron chi connectivity index (χ1n) is 4.36. The van der Waals surface area contributed by atoms with Crippen molar-refractivity contribution in [2.45, 2.75) is 6.61 Å². The summed E-state index contributed by atoms with van der Waals surface area (Å²) >= 11 is 11.3. The van der Waals surface area contributed by atoms with E-state index in [-0.39, 0.29) is 0 Å². The molecule has 0 aromatic heterocycles. The molecule has 3 heteroatoms. The van der Waals surface area contributed by atoms with Crippen molar-refractivity contribution in [3.63, 3.8) is 0 Å². The minimum Gasteiger partial charge on any atom is -0.373 e. The second-order valence-electron chi connectivity index (χ2n) is 2.77. The first-order chi connectivity index (χ1) is 6.83. The zero-order valence-electron chi connectivity index (χ0n) is 7.75. The Morgan fingerprint density at radius 1 is 1.29 bits per heavy atom. The fourth-order valence-electron chi connectivity index (χ4n) is 1.00. The van der Waals surface area contributed by atoms with Crippen LogP contribution in [-0.4, -0.2) is 12.5 Å². The molecule has 0 saturated carbocycles. The van der Waals surface area contributed by atoms with Crippen LogP contribution < -0.4 is 0 Å². The zero-order chi connectivity index (χ0) is 10.2. The van der Waals surface area contributed by atoms with Crippen LogP contribution in [0.1, 0.15) is 5.56 Å². The van der Waals surface area contributed by atoms with Gasteiger partial charge in [0, 0.05) is 10.9 Å². The fourth-order valence-corrected chi connectivity index (χ4v) is 1.34. The van der Waals surface area contributed by atoms with E-state index in [0.717, 1.165) is 10.6 Å². The largest absolute Gasteiger partial charge is 0.373 e. The summed E-state index contributed by atoms with van der Waals surface area (Å²) in [4.78, 5) is 0. The molecule has 0 heterocycles. The minimum atomic E-state index is 0.528. The molecular weight excluding hydrogens is 219 g/mol. The number of ether oxygens (including phenoxy) is 1. The van der Waals surface area contributed by atoms with E-state index < -0.39 is 0 Å². The Kier molecular flexibility index (Phi) is 5.69. The van der Waals surface area contributed by atoms with E-state index in [2.05, 4.69) is 0 Å². The van der Waals surface area contributed by atoms with Gasteiger partial charge in [-0.25, -0.2) is 0 Å². The van der Waals surface area contributed by atoms with E-state index in [1.165, 1.54) is 0 Å². The molecule has 0 spiro atoms. The van der Waals surface area contributed by atoms with Gasteiger partial charge in [0.25, 0.3) is 0 Å². The predicted octanol–water partition coefficient (Wildman–Crippen LogP) is 3.65. The van der Waals surface area contributed by atoms with E-state index in [0.29, 0.717) is 19.1 Å². The van der Waals surface area contributed by atoms with Gasteiger partial charge in [-0.2, -0.15) is 0 Å². The van der Waals surface area contributed by atoms with Crippen LogP contribution in [-0.2, 0) is 11.3 Å². The highest BCUT2D eigenvalue weighted by Gasteiger charge is 1.92. The molecule has 1 rings (SSSR count). The Bertz CT molecular complexity index is 297. The maximum Gasteiger partial charge on any atom is 0.0721 e. The van der Waals surface area contributed by atoms with Crippen molar-refractivity contribution in [3.05, 3.63) is 47.0 Å². The molecule has 1 aromatic carbocycles. The Hall–Kier alpha value is -0.500. The maximum atomic E-state index is 5.82. The molecule has 0 atom stereocenters. The van der Waals surface area contributed by atoms with Crippen LogP contribution in [0.4, 0.5) is 0 Å². The van der Waals surface area contributed by atoms with Crippen molar-refractivity contribution in [1.82, 2.24) is 0 Å². The van der Waals surface area contributed by atoms with Gasteiger partial charge in [0.05, 0.1) is 13.2 Å². The summed E-state index contributed by atoms with van der Waals surface area (Å²) in [5.41, 5.74) is 1.08. The van der Waals surface area contributed by atoms with Crippen LogP contribution in [0.3, 0.4) is 0 Å². The van der Waals surface area contributed by atoms with Gasteiger partial charge >= 0.3 is 0 Å². The van der Waals surface area contributed by atoms with Crippen LogP contribution in [0.2, 0.25) is 5.02 Å². The quantitative estimate of drug-likeness (QED) is 0.427. The highest BCUT2D eigenvalue weighted by atomic mass is 35.5. The predicted molar refractivity (Wildman–Crippen MR) is 61.0 cm³/mol. The normalized spacial score (nSPS) is 11.0. The van der Waals surface area contributed by atoms with Crippen molar-refractivity contribution in [3.8, 4) is 0 Å². The van der Waals surface area contributed by atoms with Crippen molar-refractivity contribution in [2.24, 2.45) is 0 Å². The van der Waals surface area contributed by atoms with Gasteiger partial charge in [0.2, 0.25) is 0 Å². The first-order valence-corrected chi connectivity index (χ1v) is 5.27. The van der Waals surface area contributed by atoms with Gasteiger partial charge in [-0.15, -0.1) is 11.6 Å². The van der Waals surface area contributed by atoms with E-state index in [1.807, 2.05) is 36.4 Å². The first kappa shape index (κ1) is 11.6. The van der Waals surface area contributed by atoms with Gasteiger partial charge in [-0.1, -0.05) is 35.9 Å². The molecule has 0 unspecified atom stereocenters. The number of hydrogen-bond donors (Lipinski definition) is 0. The van der Waals surface area contributed by atoms with Crippen molar-refractivity contribution < 1.29 is 4.74 Å². The molecule has 1 aromatic rings. The summed E-state index contributed by atoms with van der Waals surface area (Å²) in [7, 11) is 0.